The summed E-state index contributed by atoms with van der Waals surface area (Å²) in [6.07, 6.45) is 0. The Labute approximate surface area is 96.0 Å². The van der Waals surface area contributed by atoms with E-state index < -0.39 is 0 Å². The minimum Gasteiger partial charge on any atom is -0.380 e. The molecule has 0 unspecified atom stereocenters. The van der Waals surface area contributed by atoms with Crippen LogP contribution in [0.2, 0.25) is 0 Å². The number of benzene rings is 1. The average molecular weight is 222 g/mol. The molecule has 1 aromatic rings. The Morgan fingerprint density at radius 2 is 2.06 bits per heavy atom. The summed E-state index contributed by atoms with van der Waals surface area (Å²) in [6.45, 7) is 4.02. The van der Waals surface area contributed by atoms with E-state index in [1.54, 1.807) is 0 Å². The number of para-hydroxylation sites is 1. The van der Waals surface area contributed by atoms with Gasteiger partial charge in [-0.25, -0.2) is 0 Å². The van der Waals surface area contributed by atoms with Gasteiger partial charge in [0.2, 0.25) is 5.91 Å². The molecule has 0 saturated heterocycles. The van der Waals surface area contributed by atoms with Crippen molar-refractivity contribution >= 4 is 11.6 Å². The van der Waals surface area contributed by atoms with Crippen LogP contribution in [0, 0.1) is 0 Å². The molecule has 0 atom stereocenters. The Morgan fingerprint density at radius 1 is 1.31 bits per heavy atom. The average Bonchev–Trinajstić information content (AvgIpc) is 2.33. The zero-order chi connectivity index (χ0) is 11.6. The second-order valence-corrected chi connectivity index (χ2v) is 3.27. The normalized spacial score (nSPS) is 9.81. The zero-order valence-corrected chi connectivity index (χ0v) is 9.53. The maximum absolute atomic E-state index is 11.4. The van der Waals surface area contributed by atoms with Gasteiger partial charge in [-0.15, -0.1) is 0 Å². The van der Waals surface area contributed by atoms with Gasteiger partial charge in [0.05, 0.1) is 13.2 Å². The Morgan fingerprint density at radius 3 is 2.75 bits per heavy atom. The molecule has 1 amide bonds. The first-order valence-corrected chi connectivity index (χ1v) is 5.46. The van der Waals surface area contributed by atoms with E-state index in [2.05, 4.69) is 10.6 Å². The predicted octanol–water partition coefficient (Wildman–Crippen LogP) is 1.25. The molecule has 1 rings (SSSR count). The van der Waals surface area contributed by atoms with Crippen molar-refractivity contribution in [2.45, 2.75) is 6.92 Å². The fraction of sp³-hybridized carbons (Fsp3) is 0.417. The molecule has 0 bridgehead atoms. The van der Waals surface area contributed by atoms with Gasteiger partial charge in [0.25, 0.3) is 0 Å². The van der Waals surface area contributed by atoms with Gasteiger partial charge < -0.3 is 15.4 Å². The highest BCUT2D eigenvalue weighted by atomic mass is 16.5. The van der Waals surface area contributed by atoms with Crippen LogP contribution in [-0.4, -0.2) is 32.2 Å². The smallest absolute Gasteiger partial charge is 0.239 e. The highest BCUT2D eigenvalue weighted by Gasteiger charge is 1.99. The lowest BCUT2D eigenvalue weighted by molar-refractivity contribution is -0.119. The van der Waals surface area contributed by atoms with Crippen molar-refractivity contribution in [2.24, 2.45) is 0 Å². The van der Waals surface area contributed by atoms with Crippen LogP contribution in [0.15, 0.2) is 30.3 Å². The monoisotopic (exact) mass is 222 g/mol. The molecule has 0 spiro atoms. The maximum atomic E-state index is 11.4. The lowest BCUT2D eigenvalue weighted by Crippen LogP contribution is -2.32. The van der Waals surface area contributed by atoms with Crippen LogP contribution < -0.4 is 10.6 Å². The second kappa shape index (κ2) is 7.70. The Hall–Kier alpha value is -1.55. The number of carbonyl (C=O) groups is 1. The van der Waals surface area contributed by atoms with Gasteiger partial charge in [0.15, 0.2) is 0 Å². The molecule has 0 aromatic heterocycles. The van der Waals surface area contributed by atoms with Crippen LogP contribution in [0.3, 0.4) is 0 Å². The standard InChI is InChI=1S/C12H18N2O2/c1-2-16-9-8-13-12(15)10-14-11-6-4-3-5-7-11/h3-7,14H,2,8-10H2,1H3,(H,13,15). The maximum Gasteiger partial charge on any atom is 0.239 e. The molecule has 4 heteroatoms. The first kappa shape index (κ1) is 12.5. The fourth-order valence-electron chi connectivity index (χ4n) is 1.21. The summed E-state index contributed by atoms with van der Waals surface area (Å²) in [5.41, 5.74) is 0.947. The number of anilines is 1. The van der Waals surface area contributed by atoms with E-state index in [9.17, 15) is 4.79 Å². The van der Waals surface area contributed by atoms with Gasteiger partial charge in [0.1, 0.15) is 0 Å². The summed E-state index contributed by atoms with van der Waals surface area (Å²) >= 11 is 0. The molecule has 2 N–H and O–H groups in total. The molecule has 16 heavy (non-hydrogen) atoms. The van der Waals surface area contributed by atoms with Crippen molar-refractivity contribution in [1.82, 2.24) is 5.32 Å². The fourth-order valence-corrected chi connectivity index (χ4v) is 1.21. The summed E-state index contributed by atoms with van der Waals surface area (Å²) in [5.74, 6) is -0.0245. The van der Waals surface area contributed by atoms with E-state index in [4.69, 9.17) is 4.74 Å². The number of rotatable bonds is 7. The summed E-state index contributed by atoms with van der Waals surface area (Å²) in [4.78, 5) is 11.4. The molecule has 0 saturated carbocycles. The molecule has 0 heterocycles. The first-order chi connectivity index (χ1) is 7.83. The lowest BCUT2D eigenvalue weighted by atomic mass is 10.3. The van der Waals surface area contributed by atoms with Crippen molar-refractivity contribution in [2.75, 3.05) is 31.6 Å². The van der Waals surface area contributed by atoms with Gasteiger partial charge in [-0.2, -0.15) is 0 Å². The van der Waals surface area contributed by atoms with E-state index >= 15 is 0 Å². The molecule has 1 aromatic carbocycles. The van der Waals surface area contributed by atoms with Gasteiger partial charge in [-0.3, -0.25) is 4.79 Å². The highest BCUT2D eigenvalue weighted by Crippen LogP contribution is 2.03. The van der Waals surface area contributed by atoms with Crippen LogP contribution in [-0.2, 0) is 9.53 Å². The van der Waals surface area contributed by atoms with E-state index in [0.29, 0.717) is 19.8 Å². The van der Waals surface area contributed by atoms with Crippen LogP contribution in [0.5, 0.6) is 0 Å². The van der Waals surface area contributed by atoms with E-state index in [1.807, 2.05) is 37.3 Å². The Bertz CT molecular complexity index is 301. The number of hydrogen-bond donors (Lipinski definition) is 2. The van der Waals surface area contributed by atoms with Gasteiger partial charge in [-0.1, -0.05) is 18.2 Å². The SMILES string of the molecule is CCOCCNC(=O)CNc1ccccc1. The van der Waals surface area contributed by atoms with E-state index in [0.717, 1.165) is 5.69 Å². The number of carbonyl (C=O) groups excluding carboxylic acids is 1. The quantitative estimate of drug-likeness (QED) is 0.683. The second-order valence-electron chi connectivity index (χ2n) is 3.27. The molecule has 0 aliphatic carbocycles. The number of amides is 1. The first-order valence-electron chi connectivity index (χ1n) is 5.46. The minimum atomic E-state index is -0.0245. The topological polar surface area (TPSA) is 50.4 Å². The highest BCUT2D eigenvalue weighted by molar-refractivity contribution is 5.80. The molecule has 0 fully saturated rings. The van der Waals surface area contributed by atoms with Gasteiger partial charge in [-0.05, 0) is 19.1 Å². The molecule has 0 radical (unpaired) electrons. The van der Waals surface area contributed by atoms with E-state index in [-0.39, 0.29) is 12.5 Å². The Balaban J connectivity index is 2.11. The third-order valence-corrected chi connectivity index (χ3v) is 2.00. The lowest BCUT2D eigenvalue weighted by Gasteiger charge is -2.07. The van der Waals surface area contributed by atoms with Gasteiger partial charge >= 0.3 is 0 Å². The van der Waals surface area contributed by atoms with Crippen molar-refractivity contribution in [3.05, 3.63) is 30.3 Å². The summed E-state index contributed by atoms with van der Waals surface area (Å²) < 4.78 is 5.11. The van der Waals surface area contributed by atoms with Crippen molar-refractivity contribution in [3.8, 4) is 0 Å². The molecule has 0 aliphatic rings. The molecule has 88 valence electrons. The van der Waals surface area contributed by atoms with Crippen molar-refractivity contribution in [1.29, 1.82) is 0 Å². The number of ether oxygens (including phenoxy) is 1. The Kier molecular flexibility index (Phi) is 6.03. The largest absolute Gasteiger partial charge is 0.380 e. The summed E-state index contributed by atoms with van der Waals surface area (Å²) in [7, 11) is 0. The zero-order valence-electron chi connectivity index (χ0n) is 9.53. The van der Waals surface area contributed by atoms with E-state index in [1.165, 1.54) is 0 Å². The minimum absolute atomic E-state index is 0.0245. The number of hydrogen-bond acceptors (Lipinski definition) is 3. The van der Waals surface area contributed by atoms with Crippen molar-refractivity contribution in [3.63, 3.8) is 0 Å². The molecule has 4 nitrogen and oxygen atoms in total. The number of nitrogens with one attached hydrogen (secondary N) is 2. The van der Waals surface area contributed by atoms with Crippen molar-refractivity contribution < 1.29 is 9.53 Å². The van der Waals surface area contributed by atoms with Crippen LogP contribution in [0.1, 0.15) is 6.92 Å². The summed E-state index contributed by atoms with van der Waals surface area (Å²) in [5, 5.41) is 5.79. The van der Waals surface area contributed by atoms with Crippen LogP contribution >= 0.6 is 0 Å². The third-order valence-electron chi connectivity index (χ3n) is 2.00. The van der Waals surface area contributed by atoms with Crippen LogP contribution in [0.4, 0.5) is 5.69 Å². The molecule has 0 aliphatic heterocycles. The third kappa shape index (κ3) is 5.36. The summed E-state index contributed by atoms with van der Waals surface area (Å²) in [6, 6.07) is 9.64. The predicted molar refractivity (Wildman–Crippen MR) is 64.4 cm³/mol. The van der Waals surface area contributed by atoms with Gasteiger partial charge in [0, 0.05) is 18.8 Å². The van der Waals surface area contributed by atoms with Crippen LogP contribution in [0.25, 0.3) is 0 Å². The molecular formula is C12H18N2O2. The molecular weight excluding hydrogens is 204 g/mol.